The highest BCUT2D eigenvalue weighted by Gasteiger charge is 2.22. The Morgan fingerprint density at radius 2 is 1.97 bits per heavy atom. The molecule has 0 spiro atoms. The quantitative estimate of drug-likeness (QED) is 0.468. The SMILES string of the molecule is CCCOC(=O)c1ccc(Oc2c(C)oc3c(CN4CCC[C@H](C)C4)c(O)ccc3c2=O)cc1. The second kappa shape index (κ2) is 10.3. The minimum atomic E-state index is -0.398. The highest BCUT2D eigenvalue weighted by Crippen LogP contribution is 2.32. The van der Waals surface area contributed by atoms with E-state index in [1.807, 2.05) is 6.92 Å². The van der Waals surface area contributed by atoms with E-state index in [1.54, 1.807) is 37.3 Å². The van der Waals surface area contributed by atoms with Crippen molar-refractivity contribution in [1.29, 1.82) is 0 Å². The van der Waals surface area contributed by atoms with Crippen LogP contribution < -0.4 is 10.2 Å². The minimum absolute atomic E-state index is 0.0806. The Balaban J connectivity index is 1.62. The third-order valence-corrected chi connectivity index (χ3v) is 6.13. The van der Waals surface area contributed by atoms with Crippen molar-refractivity contribution in [1.82, 2.24) is 4.90 Å². The van der Waals surface area contributed by atoms with Gasteiger partial charge in [0.15, 0.2) is 0 Å². The Morgan fingerprint density at radius 3 is 2.68 bits per heavy atom. The molecule has 7 heteroatoms. The molecule has 34 heavy (non-hydrogen) atoms. The lowest BCUT2D eigenvalue weighted by molar-refractivity contribution is 0.0505. The number of rotatable bonds is 7. The van der Waals surface area contributed by atoms with Crippen LogP contribution in [0.15, 0.2) is 45.6 Å². The van der Waals surface area contributed by atoms with Crippen LogP contribution in [0.2, 0.25) is 0 Å². The lowest BCUT2D eigenvalue weighted by atomic mass is 9.99. The van der Waals surface area contributed by atoms with Crippen molar-refractivity contribution in [2.24, 2.45) is 5.92 Å². The maximum atomic E-state index is 13.3. The maximum absolute atomic E-state index is 13.3. The average Bonchev–Trinajstić information content (AvgIpc) is 2.82. The van der Waals surface area contributed by atoms with Gasteiger partial charge in [-0.3, -0.25) is 9.69 Å². The number of phenolic OH excluding ortho intramolecular Hbond substituents is 1. The van der Waals surface area contributed by atoms with E-state index in [-0.39, 0.29) is 16.9 Å². The Hall–Kier alpha value is -3.32. The number of fused-ring (bicyclic) bond motifs is 1. The smallest absolute Gasteiger partial charge is 0.338 e. The number of aromatic hydroxyl groups is 1. The molecule has 1 saturated heterocycles. The minimum Gasteiger partial charge on any atom is -0.507 e. The fraction of sp³-hybridized carbons (Fsp3) is 0.407. The van der Waals surface area contributed by atoms with E-state index in [1.165, 1.54) is 12.5 Å². The first-order valence-electron chi connectivity index (χ1n) is 11.8. The number of hydrogen-bond donors (Lipinski definition) is 1. The van der Waals surface area contributed by atoms with Crippen LogP contribution in [-0.4, -0.2) is 35.7 Å². The van der Waals surface area contributed by atoms with Gasteiger partial charge in [-0.05, 0) is 75.0 Å². The lowest BCUT2D eigenvalue weighted by Crippen LogP contribution is -2.33. The summed E-state index contributed by atoms with van der Waals surface area (Å²) in [4.78, 5) is 27.6. The van der Waals surface area contributed by atoms with Gasteiger partial charge in [0, 0.05) is 13.1 Å². The number of piperidine rings is 1. The summed E-state index contributed by atoms with van der Waals surface area (Å²) in [6.07, 6.45) is 3.07. The van der Waals surface area contributed by atoms with Crippen molar-refractivity contribution >= 4 is 16.9 Å². The van der Waals surface area contributed by atoms with E-state index in [0.29, 0.717) is 52.7 Å². The largest absolute Gasteiger partial charge is 0.507 e. The number of benzene rings is 2. The maximum Gasteiger partial charge on any atom is 0.338 e. The van der Waals surface area contributed by atoms with Gasteiger partial charge in [-0.1, -0.05) is 13.8 Å². The van der Waals surface area contributed by atoms with E-state index >= 15 is 0 Å². The van der Waals surface area contributed by atoms with Crippen LogP contribution in [0.5, 0.6) is 17.2 Å². The fourth-order valence-electron chi connectivity index (χ4n) is 4.37. The van der Waals surface area contributed by atoms with Crippen LogP contribution in [0.1, 0.15) is 54.8 Å². The first-order valence-corrected chi connectivity index (χ1v) is 11.8. The summed E-state index contributed by atoms with van der Waals surface area (Å²) in [5.41, 5.74) is 1.11. The number of hydrogen-bond acceptors (Lipinski definition) is 7. The van der Waals surface area contributed by atoms with E-state index in [4.69, 9.17) is 13.9 Å². The van der Waals surface area contributed by atoms with Gasteiger partial charge < -0.3 is 19.0 Å². The molecule has 7 nitrogen and oxygen atoms in total. The number of ether oxygens (including phenoxy) is 2. The van der Waals surface area contributed by atoms with Crippen molar-refractivity contribution in [3.05, 3.63) is 63.5 Å². The summed E-state index contributed by atoms with van der Waals surface area (Å²) in [6, 6.07) is 9.54. The average molecular weight is 466 g/mol. The number of carbonyl (C=O) groups is 1. The standard InChI is InChI=1S/C27H31NO6/c1-4-14-32-27(31)19-7-9-20(10-8-19)34-25-18(3)33-26-21(24(25)30)11-12-23(29)22(26)16-28-13-5-6-17(2)15-28/h7-12,17,29H,4-6,13-16H2,1-3H3/t17-/m0/s1. The Kier molecular flexibility index (Phi) is 7.22. The van der Waals surface area contributed by atoms with Gasteiger partial charge in [0.25, 0.3) is 0 Å². The Morgan fingerprint density at radius 1 is 1.21 bits per heavy atom. The molecule has 0 saturated carbocycles. The molecule has 0 aliphatic carbocycles. The number of carbonyl (C=O) groups excluding carboxylic acids is 1. The molecule has 1 N–H and O–H groups in total. The summed E-state index contributed by atoms with van der Waals surface area (Å²) in [6.45, 7) is 8.61. The monoisotopic (exact) mass is 465 g/mol. The summed E-state index contributed by atoms with van der Waals surface area (Å²) in [5.74, 6) is 1.13. The molecular formula is C27H31NO6. The molecular weight excluding hydrogens is 434 g/mol. The van der Waals surface area contributed by atoms with Crippen LogP contribution >= 0.6 is 0 Å². The molecule has 0 radical (unpaired) electrons. The van der Waals surface area contributed by atoms with E-state index in [9.17, 15) is 14.7 Å². The molecule has 0 unspecified atom stereocenters. The summed E-state index contributed by atoms with van der Waals surface area (Å²) in [7, 11) is 0. The van der Waals surface area contributed by atoms with Gasteiger partial charge in [-0.2, -0.15) is 0 Å². The van der Waals surface area contributed by atoms with Crippen molar-refractivity contribution < 1.29 is 23.8 Å². The molecule has 1 aromatic heterocycles. The summed E-state index contributed by atoms with van der Waals surface area (Å²) in [5, 5.41) is 10.9. The van der Waals surface area contributed by atoms with Crippen LogP contribution in [0.25, 0.3) is 11.0 Å². The highest BCUT2D eigenvalue weighted by atomic mass is 16.5. The number of phenols is 1. The van der Waals surface area contributed by atoms with Crippen LogP contribution in [-0.2, 0) is 11.3 Å². The van der Waals surface area contributed by atoms with E-state index in [2.05, 4.69) is 11.8 Å². The van der Waals surface area contributed by atoms with Gasteiger partial charge in [0.1, 0.15) is 22.8 Å². The van der Waals surface area contributed by atoms with Crippen molar-refractivity contribution in [2.45, 2.75) is 46.6 Å². The molecule has 1 fully saturated rings. The second-order valence-corrected chi connectivity index (χ2v) is 9.00. The predicted octanol–water partition coefficient (Wildman–Crippen LogP) is 5.40. The van der Waals surface area contributed by atoms with E-state index < -0.39 is 5.97 Å². The summed E-state index contributed by atoms with van der Waals surface area (Å²) < 4.78 is 17.0. The molecule has 180 valence electrons. The number of likely N-dealkylation sites (tertiary alicyclic amines) is 1. The predicted molar refractivity (Wildman–Crippen MR) is 130 cm³/mol. The first-order chi connectivity index (χ1) is 16.4. The topological polar surface area (TPSA) is 89.2 Å². The van der Waals surface area contributed by atoms with Gasteiger partial charge in [0.05, 0.1) is 23.1 Å². The van der Waals surface area contributed by atoms with Gasteiger partial charge in [-0.25, -0.2) is 4.79 Å². The van der Waals surface area contributed by atoms with Crippen LogP contribution in [0, 0.1) is 12.8 Å². The molecule has 4 rings (SSSR count). The normalized spacial score (nSPS) is 16.5. The fourth-order valence-corrected chi connectivity index (χ4v) is 4.37. The van der Waals surface area contributed by atoms with Crippen molar-refractivity contribution in [3.8, 4) is 17.2 Å². The Labute approximate surface area is 198 Å². The van der Waals surface area contributed by atoms with Crippen LogP contribution in [0.3, 0.4) is 0 Å². The molecule has 2 heterocycles. The van der Waals surface area contributed by atoms with Crippen LogP contribution in [0.4, 0.5) is 0 Å². The first kappa shape index (κ1) is 23.8. The molecule has 0 bridgehead atoms. The zero-order valence-corrected chi connectivity index (χ0v) is 19.9. The second-order valence-electron chi connectivity index (χ2n) is 9.00. The molecule has 3 aromatic rings. The molecule has 1 aliphatic rings. The van der Waals surface area contributed by atoms with Crippen molar-refractivity contribution in [3.63, 3.8) is 0 Å². The summed E-state index contributed by atoms with van der Waals surface area (Å²) >= 11 is 0. The molecule has 1 atom stereocenters. The van der Waals surface area contributed by atoms with Gasteiger partial charge in [0.2, 0.25) is 11.2 Å². The van der Waals surface area contributed by atoms with Gasteiger partial charge >= 0.3 is 5.97 Å². The third kappa shape index (κ3) is 5.09. The number of aryl methyl sites for hydroxylation is 1. The number of esters is 1. The van der Waals surface area contributed by atoms with Gasteiger partial charge in [-0.15, -0.1) is 0 Å². The zero-order chi connectivity index (χ0) is 24.2. The zero-order valence-electron chi connectivity index (χ0n) is 19.9. The number of nitrogens with zero attached hydrogens (tertiary/aromatic N) is 1. The van der Waals surface area contributed by atoms with E-state index in [0.717, 1.165) is 25.9 Å². The lowest BCUT2D eigenvalue weighted by Gasteiger charge is -2.31. The Bertz CT molecular complexity index is 1230. The molecule has 1 aliphatic heterocycles. The van der Waals surface area contributed by atoms with Crippen molar-refractivity contribution in [2.75, 3.05) is 19.7 Å². The highest BCUT2D eigenvalue weighted by molar-refractivity contribution is 5.89. The molecule has 0 amide bonds. The third-order valence-electron chi connectivity index (χ3n) is 6.13. The molecule has 2 aromatic carbocycles.